The number of thiophene rings is 1. The molecule has 1 saturated heterocycles. The zero-order valence-corrected chi connectivity index (χ0v) is 9.21. The first-order valence-electron chi connectivity index (χ1n) is 4.68. The van der Waals surface area contributed by atoms with Crippen molar-refractivity contribution in [3.63, 3.8) is 0 Å². The number of carbonyl (C=O) groups is 1. The number of aliphatic carboxylic acids is 1. The lowest BCUT2D eigenvalue weighted by Gasteiger charge is -2.41. The zero-order valence-electron chi connectivity index (χ0n) is 8.40. The van der Waals surface area contributed by atoms with E-state index in [1.165, 1.54) is 11.3 Å². The molecule has 82 valence electrons. The molecule has 1 fully saturated rings. The van der Waals surface area contributed by atoms with Crippen molar-refractivity contribution < 1.29 is 14.6 Å². The van der Waals surface area contributed by atoms with Gasteiger partial charge in [0, 0.05) is 4.88 Å². The molecular weight excluding hydrogens is 214 g/mol. The highest BCUT2D eigenvalue weighted by molar-refractivity contribution is 7.10. The van der Waals surface area contributed by atoms with E-state index in [0.29, 0.717) is 0 Å². The van der Waals surface area contributed by atoms with Crippen LogP contribution >= 0.6 is 11.3 Å². The first-order valence-corrected chi connectivity index (χ1v) is 5.56. The highest BCUT2D eigenvalue weighted by Gasteiger charge is 2.52. The number of rotatable bonds is 3. The number of ether oxygens (including phenoxy) is 1. The van der Waals surface area contributed by atoms with Gasteiger partial charge in [0.05, 0.1) is 19.3 Å². The van der Waals surface area contributed by atoms with E-state index in [2.05, 4.69) is 0 Å². The third-order valence-electron chi connectivity index (χ3n) is 2.92. The van der Waals surface area contributed by atoms with E-state index >= 15 is 0 Å². The maximum Gasteiger partial charge on any atom is 0.316 e. The Hall–Kier alpha value is -0.910. The van der Waals surface area contributed by atoms with Crippen LogP contribution in [0.15, 0.2) is 11.4 Å². The average Bonchev–Trinajstić information content (AvgIpc) is 2.48. The van der Waals surface area contributed by atoms with Gasteiger partial charge in [0.2, 0.25) is 0 Å². The van der Waals surface area contributed by atoms with Gasteiger partial charge in [-0.3, -0.25) is 4.79 Å². The molecule has 2 heterocycles. The fraction of sp³-hybridized carbons (Fsp3) is 0.500. The van der Waals surface area contributed by atoms with Crippen LogP contribution in [-0.4, -0.2) is 24.3 Å². The Balaban J connectivity index is 2.31. The predicted molar refractivity (Wildman–Crippen MR) is 56.9 cm³/mol. The van der Waals surface area contributed by atoms with Gasteiger partial charge < -0.3 is 15.6 Å². The van der Waals surface area contributed by atoms with Crippen LogP contribution in [0, 0.1) is 12.3 Å². The summed E-state index contributed by atoms with van der Waals surface area (Å²) in [5, 5.41) is 11.1. The van der Waals surface area contributed by atoms with Gasteiger partial charge in [0.25, 0.3) is 0 Å². The molecule has 0 aliphatic carbocycles. The molecule has 0 bridgehead atoms. The summed E-state index contributed by atoms with van der Waals surface area (Å²) in [6.07, 6.45) is 0. The maximum absolute atomic E-state index is 11.2. The van der Waals surface area contributed by atoms with Crippen LogP contribution in [0.2, 0.25) is 0 Å². The summed E-state index contributed by atoms with van der Waals surface area (Å²) >= 11 is 1.51. The monoisotopic (exact) mass is 227 g/mol. The Morgan fingerprint density at radius 2 is 2.40 bits per heavy atom. The quantitative estimate of drug-likeness (QED) is 0.812. The fourth-order valence-corrected chi connectivity index (χ4v) is 2.76. The van der Waals surface area contributed by atoms with Gasteiger partial charge in [0.15, 0.2) is 0 Å². The normalized spacial score (nSPS) is 20.7. The molecule has 0 spiro atoms. The van der Waals surface area contributed by atoms with Gasteiger partial charge in [0.1, 0.15) is 5.41 Å². The molecule has 2 rings (SSSR count). The molecule has 1 atom stereocenters. The molecular formula is C10H13NO3S. The number of carboxylic acid groups (broad SMARTS) is 1. The van der Waals surface area contributed by atoms with Gasteiger partial charge in [-0.15, -0.1) is 11.3 Å². The van der Waals surface area contributed by atoms with Gasteiger partial charge in [-0.25, -0.2) is 0 Å². The molecule has 5 heteroatoms. The van der Waals surface area contributed by atoms with Crippen molar-refractivity contribution in [1.29, 1.82) is 0 Å². The summed E-state index contributed by atoms with van der Waals surface area (Å²) in [6.45, 7) is 2.36. The topological polar surface area (TPSA) is 72.6 Å². The molecule has 0 aromatic carbocycles. The predicted octanol–water partition coefficient (Wildman–Crippen LogP) is 1.16. The zero-order chi connectivity index (χ0) is 11.1. The molecule has 4 nitrogen and oxygen atoms in total. The Morgan fingerprint density at radius 1 is 1.73 bits per heavy atom. The summed E-state index contributed by atoms with van der Waals surface area (Å²) in [4.78, 5) is 12.1. The lowest BCUT2D eigenvalue weighted by atomic mass is 9.77. The largest absolute Gasteiger partial charge is 0.481 e. The van der Waals surface area contributed by atoms with Gasteiger partial charge in [-0.05, 0) is 23.9 Å². The Labute approximate surface area is 91.7 Å². The molecule has 0 radical (unpaired) electrons. The van der Waals surface area contributed by atoms with Crippen LogP contribution < -0.4 is 5.73 Å². The second-order valence-corrected chi connectivity index (χ2v) is 4.85. The minimum atomic E-state index is -0.921. The summed E-state index contributed by atoms with van der Waals surface area (Å²) in [6, 6.07) is 1.48. The Bertz CT molecular complexity index is 384. The molecule has 3 N–H and O–H groups in total. The number of carboxylic acids is 1. The first-order chi connectivity index (χ1) is 7.08. The van der Waals surface area contributed by atoms with E-state index in [1.807, 2.05) is 18.4 Å². The second kappa shape index (κ2) is 3.59. The van der Waals surface area contributed by atoms with Crippen molar-refractivity contribution in [2.45, 2.75) is 13.0 Å². The summed E-state index contributed by atoms with van der Waals surface area (Å²) in [5.74, 6) is -0.867. The minimum Gasteiger partial charge on any atom is -0.481 e. The van der Waals surface area contributed by atoms with Crippen LogP contribution in [0.25, 0.3) is 0 Å². The van der Waals surface area contributed by atoms with E-state index in [4.69, 9.17) is 10.5 Å². The fourth-order valence-electron chi connectivity index (χ4n) is 1.71. The first kappa shape index (κ1) is 10.6. The van der Waals surface area contributed by atoms with Gasteiger partial charge in [-0.2, -0.15) is 0 Å². The highest BCUT2D eigenvalue weighted by Crippen LogP contribution is 2.41. The van der Waals surface area contributed by atoms with E-state index in [-0.39, 0.29) is 13.2 Å². The summed E-state index contributed by atoms with van der Waals surface area (Å²) < 4.78 is 5.00. The molecule has 1 aromatic heterocycles. The molecule has 0 amide bonds. The summed E-state index contributed by atoms with van der Waals surface area (Å²) in [7, 11) is 0. The number of aryl methyl sites for hydroxylation is 1. The second-order valence-electron chi connectivity index (χ2n) is 3.90. The molecule has 15 heavy (non-hydrogen) atoms. The van der Waals surface area contributed by atoms with Crippen molar-refractivity contribution in [2.75, 3.05) is 13.2 Å². The van der Waals surface area contributed by atoms with Crippen molar-refractivity contribution in [1.82, 2.24) is 0 Å². The Morgan fingerprint density at radius 3 is 2.73 bits per heavy atom. The lowest BCUT2D eigenvalue weighted by Crippen LogP contribution is -2.55. The molecule has 1 aromatic rings. The number of hydrogen-bond acceptors (Lipinski definition) is 4. The minimum absolute atomic E-state index is 0.209. The van der Waals surface area contributed by atoms with Crippen LogP contribution in [-0.2, 0) is 9.53 Å². The smallest absolute Gasteiger partial charge is 0.316 e. The lowest BCUT2D eigenvalue weighted by molar-refractivity contribution is -0.184. The van der Waals surface area contributed by atoms with Crippen molar-refractivity contribution in [3.05, 3.63) is 21.9 Å². The van der Waals surface area contributed by atoms with Crippen molar-refractivity contribution >= 4 is 17.3 Å². The van der Waals surface area contributed by atoms with Crippen molar-refractivity contribution in [2.24, 2.45) is 11.1 Å². The number of hydrogen-bond donors (Lipinski definition) is 2. The maximum atomic E-state index is 11.2. The molecule has 1 aliphatic rings. The van der Waals surface area contributed by atoms with Gasteiger partial charge >= 0.3 is 5.97 Å². The third kappa shape index (κ3) is 1.47. The molecule has 0 saturated carbocycles. The van der Waals surface area contributed by atoms with E-state index in [0.717, 1.165) is 10.4 Å². The van der Waals surface area contributed by atoms with Crippen molar-refractivity contribution in [3.8, 4) is 0 Å². The molecule has 1 unspecified atom stereocenters. The van der Waals surface area contributed by atoms with Crippen LogP contribution in [0.3, 0.4) is 0 Å². The Kier molecular flexibility index (Phi) is 2.54. The van der Waals surface area contributed by atoms with E-state index in [9.17, 15) is 9.90 Å². The van der Waals surface area contributed by atoms with Gasteiger partial charge in [-0.1, -0.05) is 0 Å². The van der Waals surface area contributed by atoms with Crippen LogP contribution in [0.4, 0.5) is 0 Å². The van der Waals surface area contributed by atoms with E-state index in [1.54, 1.807) is 0 Å². The van der Waals surface area contributed by atoms with Crippen LogP contribution in [0.5, 0.6) is 0 Å². The van der Waals surface area contributed by atoms with E-state index < -0.39 is 17.4 Å². The summed E-state index contributed by atoms with van der Waals surface area (Å²) in [5.41, 5.74) is 6.17. The highest BCUT2D eigenvalue weighted by atomic mass is 32.1. The van der Waals surface area contributed by atoms with Crippen LogP contribution in [0.1, 0.15) is 16.5 Å². The number of nitrogens with two attached hydrogens (primary N) is 1. The average molecular weight is 227 g/mol. The molecule has 1 aliphatic heterocycles. The standard InChI is InChI=1S/C10H13NO3S/c1-6-2-3-15-7(6)8(11)10(9(12)13)4-14-5-10/h2-3,8H,4-5,11H2,1H3,(H,12,13). The third-order valence-corrected chi connectivity index (χ3v) is 4.03. The SMILES string of the molecule is Cc1ccsc1C(N)C1(C(=O)O)COC1.